The van der Waals surface area contributed by atoms with Gasteiger partial charge in [0.2, 0.25) is 5.91 Å². The van der Waals surface area contributed by atoms with Gasteiger partial charge in [-0.3, -0.25) is 24.6 Å². The first-order chi connectivity index (χ1) is 19.6. The van der Waals surface area contributed by atoms with Gasteiger partial charge < -0.3 is 9.59 Å². The molecule has 0 saturated carbocycles. The molecule has 0 spiro atoms. The molecule has 7 heteroatoms. The number of hydrogen-bond acceptors (Lipinski definition) is 4. The molecule has 41 heavy (non-hydrogen) atoms. The molecule has 0 saturated heterocycles. The highest BCUT2D eigenvalue weighted by Gasteiger charge is 2.26. The number of carboxylic acids is 1. The highest BCUT2D eigenvalue weighted by molar-refractivity contribution is 5.95. The van der Waals surface area contributed by atoms with E-state index >= 15 is 0 Å². The molecule has 0 aromatic rings. The van der Waals surface area contributed by atoms with Crippen molar-refractivity contribution in [3.63, 3.8) is 0 Å². The Bertz CT molecular complexity index is 639. The SMILES string of the molecule is CCCCCCCCCCCCN(CCCCCCCCCCCC)[C@H](CCC(=O)NC(=O)C[N+](C)(C)C)C(=O)O. The summed E-state index contributed by atoms with van der Waals surface area (Å²) in [6.07, 6.45) is 25.3. The number of carboxylic acid groups (broad SMARTS) is 1. The highest BCUT2D eigenvalue weighted by Crippen LogP contribution is 2.16. The lowest BCUT2D eigenvalue weighted by molar-refractivity contribution is -0.862. The molecule has 0 fully saturated rings. The largest absolute Gasteiger partial charge is 0.480 e. The molecule has 2 amide bonds. The van der Waals surface area contributed by atoms with Crippen LogP contribution in [-0.2, 0) is 14.4 Å². The first-order valence-electron chi connectivity index (χ1n) is 17.2. The van der Waals surface area contributed by atoms with Crippen LogP contribution in [0.2, 0.25) is 0 Å². The van der Waals surface area contributed by atoms with Crippen molar-refractivity contribution in [1.82, 2.24) is 10.2 Å². The summed E-state index contributed by atoms with van der Waals surface area (Å²) >= 11 is 0. The van der Waals surface area contributed by atoms with Crippen molar-refractivity contribution in [2.24, 2.45) is 0 Å². The summed E-state index contributed by atoms with van der Waals surface area (Å²) in [4.78, 5) is 38.9. The lowest BCUT2D eigenvalue weighted by Gasteiger charge is -2.29. The van der Waals surface area contributed by atoms with Crippen LogP contribution in [0.15, 0.2) is 0 Å². The van der Waals surface area contributed by atoms with Crippen LogP contribution in [0.1, 0.15) is 155 Å². The van der Waals surface area contributed by atoms with E-state index < -0.39 is 12.0 Å². The molecule has 1 atom stereocenters. The molecule has 0 aliphatic carbocycles. The number of imide groups is 1. The Balaban J connectivity index is 4.68. The molecule has 0 aromatic heterocycles. The maximum Gasteiger partial charge on any atom is 0.320 e. The number of carbonyl (C=O) groups is 3. The number of aliphatic carboxylic acids is 1. The number of amides is 2. The van der Waals surface area contributed by atoms with Crippen molar-refractivity contribution >= 4 is 17.8 Å². The van der Waals surface area contributed by atoms with E-state index in [4.69, 9.17) is 0 Å². The summed E-state index contributed by atoms with van der Waals surface area (Å²) in [5, 5.41) is 12.5. The van der Waals surface area contributed by atoms with E-state index in [0.29, 0.717) is 4.48 Å². The van der Waals surface area contributed by atoms with Gasteiger partial charge >= 0.3 is 5.97 Å². The number of nitrogens with one attached hydrogen (secondary N) is 1. The molecular formula is C34H68N3O4+. The first-order valence-corrected chi connectivity index (χ1v) is 17.2. The van der Waals surface area contributed by atoms with Gasteiger partial charge in [0.1, 0.15) is 6.04 Å². The fraction of sp³-hybridized carbons (Fsp3) is 0.912. The minimum Gasteiger partial charge on any atom is -0.480 e. The zero-order valence-corrected chi connectivity index (χ0v) is 27.8. The molecular weight excluding hydrogens is 514 g/mol. The van der Waals surface area contributed by atoms with Gasteiger partial charge in [0.05, 0.1) is 21.1 Å². The molecule has 0 radical (unpaired) electrons. The first kappa shape index (κ1) is 39.5. The molecule has 0 unspecified atom stereocenters. The smallest absolute Gasteiger partial charge is 0.320 e. The number of quaternary nitrogens is 1. The molecule has 0 bridgehead atoms. The summed E-state index contributed by atoms with van der Waals surface area (Å²) in [5.74, 6) is -1.57. The van der Waals surface area contributed by atoms with Gasteiger partial charge in [-0.15, -0.1) is 0 Å². The van der Waals surface area contributed by atoms with E-state index in [-0.39, 0.29) is 31.2 Å². The Morgan fingerprint density at radius 3 is 1.32 bits per heavy atom. The molecule has 0 heterocycles. The summed E-state index contributed by atoms with van der Waals surface area (Å²) in [6.45, 7) is 6.22. The monoisotopic (exact) mass is 583 g/mol. The van der Waals surface area contributed by atoms with E-state index in [9.17, 15) is 19.5 Å². The Hall–Kier alpha value is -1.47. The minimum atomic E-state index is -0.866. The van der Waals surface area contributed by atoms with E-state index in [2.05, 4.69) is 24.1 Å². The number of hydrogen-bond donors (Lipinski definition) is 2. The Morgan fingerprint density at radius 1 is 0.610 bits per heavy atom. The maximum absolute atomic E-state index is 12.4. The van der Waals surface area contributed by atoms with Crippen LogP contribution in [0.25, 0.3) is 0 Å². The van der Waals surface area contributed by atoms with Crippen LogP contribution in [0, 0.1) is 0 Å². The van der Waals surface area contributed by atoms with Crippen molar-refractivity contribution in [1.29, 1.82) is 0 Å². The molecule has 0 aliphatic rings. The number of nitrogens with zero attached hydrogens (tertiary/aromatic N) is 2. The fourth-order valence-corrected chi connectivity index (χ4v) is 5.45. The summed E-state index contributed by atoms with van der Waals surface area (Å²) < 4.78 is 0.433. The minimum absolute atomic E-state index is 0.0480. The van der Waals surface area contributed by atoms with Gasteiger partial charge in [0, 0.05) is 6.42 Å². The van der Waals surface area contributed by atoms with E-state index in [1.807, 2.05) is 21.1 Å². The molecule has 2 N–H and O–H groups in total. The van der Waals surface area contributed by atoms with Gasteiger partial charge in [0.25, 0.3) is 5.91 Å². The number of unbranched alkanes of at least 4 members (excludes halogenated alkanes) is 18. The highest BCUT2D eigenvalue weighted by atomic mass is 16.4. The third-order valence-electron chi connectivity index (χ3n) is 7.87. The summed E-state index contributed by atoms with van der Waals surface area (Å²) in [5.41, 5.74) is 0. The Morgan fingerprint density at radius 2 is 0.976 bits per heavy atom. The standard InChI is InChI=1S/C34H67N3O4/c1-6-8-10-12-14-16-18-20-22-24-28-36(29-25-23-21-19-17-15-13-11-9-7-2)31(34(40)41)26-27-32(38)35-33(39)30-37(3,4)5/h31H,6-30H2,1-5H3,(H-,35,38,39,40,41)/p+1/t31-/m1/s1. The van der Waals surface area contributed by atoms with Gasteiger partial charge in [-0.1, -0.05) is 129 Å². The zero-order valence-electron chi connectivity index (χ0n) is 27.8. The topological polar surface area (TPSA) is 86.7 Å². The quantitative estimate of drug-likeness (QED) is 0.0697. The lowest BCUT2D eigenvalue weighted by atomic mass is 10.0. The van der Waals surface area contributed by atoms with Gasteiger partial charge in [0.15, 0.2) is 6.54 Å². The predicted octanol–water partition coefficient (Wildman–Crippen LogP) is 7.71. The molecule has 242 valence electrons. The Labute approximate surface area is 253 Å². The number of carbonyl (C=O) groups excluding carboxylic acids is 2. The molecule has 0 rings (SSSR count). The molecule has 7 nitrogen and oxygen atoms in total. The van der Waals surface area contributed by atoms with Crippen molar-refractivity contribution in [2.45, 2.75) is 161 Å². The summed E-state index contributed by atoms with van der Waals surface area (Å²) in [6, 6.07) is -0.689. The second-order valence-electron chi connectivity index (χ2n) is 13.2. The van der Waals surface area contributed by atoms with Crippen molar-refractivity contribution in [2.75, 3.05) is 40.8 Å². The van der Waals surface area contributed by atoms with Crippen molar-refractivity contribution in [3.05, 3.63) is 0 Å². The second kappa shape index (κ2) is 26.2. The second-order valence-corrected chi connectivity index (χ2v) is 13.2. The van der Waals surface area contributed by atoms with Crippen LogP contribution in [0.5, 0.6) is 0 Å². The third kappa shape index (κ3) is 25.9. The van der Waals surface area contributed by atoms with Crippen LogP contribution in [0.4, 0.5) is 0 Å². The average molecular weight is 583 g/mol. The Kier molecular flexibility index (Phi) is 25.2. The summed E-state index contributed by atoms with van der Waals surface area (Å²) in [7, 11) is 5.68. The third-order valence-corrected chi connectivity index (χ3v) is 7.87. The molecule has 0 aliphatic heterocycles. The average Bonchev–Trinajstić information content (AvgIpc) is 2.89. The van der Waals surface area contributed by atoms with Crippen LogP contribution >= 0.6 is 0 Å². The van der Waals surface area contributed by atoms with E-state index in [1.54, 1.807) is 0 Å². The molecule has 0 aromatic carbocycles. The van der Waals surface area contributed by atoms with Gasteiger partial charge in [-0.05, 0) is 32.4 Å². The van der Waals surface area contributed by atoms with Crippen LogP contribution in [0.3, 0.4) is 0 Å². The van der Waals surface area contributed by atoms with E-state index in [1.165, 1.54) is 103 Å². The lowest BCUT2D eigenvalue weighted by Crippen LogP contribution is -2.46. The number of likely N-dealkylation sites (N-methyl/N-ethyl adjacent to an activating group) is 1. The van der Waals surface area contributed by atoms with E-state index in [0.717, 1.165) is 38.8 Å². The number of rotatable bonds is 29. The zero-order chi connectivity index (χ0) is 30.8. The van der Waals surface area contributed by atoms with Gasteiger partial charge in [-0.2, -0.15) is 0 Å². The van der Waals surface area contributed by atoms with Crippen molar-refractivity contribution < 1.29 is 24.0 Å². The normalized spacial score (nSPS) is 12.5. The van der Waals surface area contributed by atoms with Crippen LogP contribution in [-0.4, -0.2) is 79.1 Å². The van der Waals surface area contributed by atoms with Crippen molar-refractivity contribution in [3.8, 4) is 0 Å². The predicted molar refractivity (Wildman–Crippen MR) is 172 cm³/mol. The van der Waals surface area contributed by atoms with Crippen LogP contribution < -0.4 is 5.32 Å². The maximum atomic E-state index is 12.4. The fourth-order valence-electron chi connectivity index (χ4n) is 5.45. The van der Waals surface area contributed by atoms with Gasteiger partial charge in [-0.25, -0.2) is 0 Å².